The van der Waals surface area contributed by atoms with Crippen molar-refractivity contribution < 1.29 is 4.79 Å². The quantitative estimate of drug-likeness (QED) is 0.159. The molecule has 1 aromatic heterocycles. The molecular formula is C33H37N3OS. The molecule has 5 heteroatoms. The molecule has 4 aromatic rings. The van der Waals surface area contributed by atoms with Crippen LogP contribution in [0.25, 0.3) is 22.5 Å². The Morgan fingerprint density at radius 2 is 1.47 bits per heavy atom. The van der Waals surface area contributed by atoms with Gasteiger partial charge in [0.15, 0.2) is 5.16 Å². The van der Waals surface area contributed by atoms with E-state index in [2.05, 4.69) is 101 Å². The molecule has 0 spiro atoms. The van der Waals surface area contributed by atoms with E-state index in [0.717, 1.165) is 73.2 Å². The zero-order chi connectivity index (χ0) is 26.2. The highest BCUT2D eigenvalue weighted by atomic mass is 32.2. The molecule has 5 rings (SSSR count). The van der Waals surface area contributed by atoms with E-state index in [9.17, 15) is 4.79 Å². The maximum absolute atomic E-state index is 12.9. The molecule has 1 fully saturated rings. The Bertz CT molecular complexity index is 1300. The second-order valence-electron chi connectivity index (χ2n) is 10.0. The fourth-order valence-corrected chi connectivity index (χ4v) is 6.40. The van der Waals surface area contributed by atoms with Gasteiger partial charge in [-0.05, 0) is 44.1 Å². The van der Waals surface area contributed by atoms with Gasteiger partial charge in [-0.25, -0.2) is 4.98 Å². The van der Waals surface area contributed by atoms with Crippen molar-refractivity contribution in [1.29, 1.82) is 0 Å². The zero-order valence-corrected chi connectivity index (χ0v) is 23.1. The molecule has 4 nitrogen and oxygen atoms in total. The predicted molar refractivity (Wildman–Crippen MR) is 158 cm³/mol. The van der Waals surface area contributed by atoms with Crippen LogP contribution in [-0.2, 0) is 17.8 Å². The Hall–Kier alpha value is -3.31. The van der Waals surface area contributed by atoms with Gasteiger partial charge in [0.1, 0.15) is 0 Å². The van der Waals surface area contributed by atoms with Crippen molar-refractivity contribution in [3.05, 3.63) is 96.6 Å². The number of hydrogen-bond donors (Lipinski definition) is 0. The van der Waals surface area contributed by atoms with Gasteiger partial charge in [-0.2, -0.15) is 0 Å². The highest BCUT2D eigenvalue weighted by Gasteiger charge is 2.23. The minimum Gasteiger partial charge on any atom is -0.343 e. The SMILES string of the molecule is CCn1c(SCCCC(=O)N2CCC(Cc3ccccc3)CC2)nc(-c2ccccc2)c1-c1ccccc1. The summed E-state index contributed by atoms with van der Waals surface area (Å²) in [5.74, 6) is 1.87. The average Bonchev–Trinajstić information content (AvgIpc) is 3.35. The number of amides is 1. The molecule has 0 saturated carbocycles. The van der Waals surface area contributed by atoms with Gasteiger partial charge >= 0.3 is 0 Å². The lowest BCUT2D eigenvalue weighted by Gasteiger charge is -2.32. The van der Waals surface area contributed by atoms with Crippen LogP contribution in [0.5, 0.6) is 0 Å². The van der Waals surface area contributed by atoms with E-state index in [-0.39, 0.29) is 0 Å². The topological polar surface area (TPSA) is 38.1 Å². The number of nitrogens with zero attached hydrogens (tertiary/aromatic N) is 3. The summed E-state index contributed by atoms with van der Waals surface area (Å²) in [7, 11) is 0. The molecule has 1 aliphatic rings. The summed E-state index contributed by atoms with van der Waals surface area (Å²) in [6.07, 6.45) is 4.81. The number of likely N-dealkylation sites (tertiary alicyclic amines) is 1. The number of carbonyl (C=O) groups excluding carboxylic acids is 1. The third kappa shape index (κ3) is 6.39. The summed E-state index contributed by atoms with van der Waals surface area (Å²) in [5, 5.41) is 1.03. The molecule has 2 heterocycles. The molecule has 1 aliphatic heterocycles. The first-order chi connectivity index (χ1) is 18.7. The van der Waals surface area contributed by atoms with Crippen molar-refractivity contribution in [1.82, 2.24) is 14.5 Å². The largest absolute Gasteiger partial charge is 0.343 e. The van der Waals surface area contributed by atoms with Crippen LogP contribution in [0, 0.1) is 5.92 Å². The van der Waals surface area contributed by atoms with E-state index in [1.54, 1.807) is 11.8 Å². The number of imidazole rings is 1. The van der Waals surface area contributed by atoms with E-state index in [4.69, 9.17) is 4.98 Å². The molecule has 0 radical (unpaired) electrons. The maximum Gasteiger partial charge on any atom is 0.222 e. The van der Waals surface area contributed by atoms with Crippen LogP contribution in [-0.4, -0.2) is 39.2 Å². The third-order valence-corrected chi connectivity index (χ3v) is 8.51. The molecule has 0 aliphatic carbocycles. The lowest BCUT2D eigenvalue weighted by Crippen LogP contribution is -2.38. The highest BCUT2D eigenvalue weighted by Crippen LogP contribution is 2.36. The Morgan fingerprint density at radius 1 is 0.868 bits per heavy atom. The standard InChI is InChI=1S/C33H37N3OS/c1-2-36-32(29-17-10-5-11-18-29)31(28-15-8-4-9-16-28)34-33(36)38-24-12-19-30(37)35-22-20-27(21-23-35)25-26-13-6-3-7-14-26/h3-11,13-18,27H,2,12,19-25H2,1H3. The van der Waals surface area contributed by atoms with Crippen LogP contribution in [0.1, 0.15) is 38.2 Å². The summed E-state index contributed by atoms with van der Waals surface area (Å²) < 4.78 is 2.32. The van der Waals surface area contributed by atoms with Gasteiger partial charge < -0.3 is 9.47 Å². The van der Waals surface area contributed by atoms with Crippen molar-refractivity contribution in [2.75, 3.05) is 18.8 Å². The Labute approximate surface area is 231 Å². The van der Waals surface area contributed by atoms with Crippen molar-refractivity contribution in [3.8, 4) is 22.5 Å². The number of benzene rings is 3. The van der Waals surface area contributed by atoms with Crippen LogP contribution in [0.3, 0.4) is 0 Å². The number of aromatic nitrogens is 2. The molecule has 38 heavy (non-hydrogen) atoms. The predicted octanol–water partition coefficient (Wildman–Crippen LogP) is 7.59. The fourth-order valence-electron chi connectivity index (χ4n) is 5.40. The van der Waals surface area contributed by atoms with E-state index in [0.29, 0.717) is 18.2 Å². The Balaban J connectivity index is 1.17. The van der Waals surface area contributed by atoms with E-state index < -0.39 is 0 Å². The Kier molecular flexibility index (Phi) is 8.98. The normalized spacial score (nSPS) is 14.1. The molecular weight excluding hydrogens is 486 g/mol. The van der Waals surface area contributed by atoms with Gasteiger partial charge in [-0.3, -0.25) is 4.79 Å². The molecule has 196 valence electrons. The summed E-state index contributed by atoms with van der Waals surface area (Å²) in [6.45, 7) is 4.82. The Morgan fingerprint density at radius 3 is 2.11 bits per heavy atom. The van der Waals surface area contributed by atoms with Gasteiger partial charge in [0.25, 0.3) is 0 Å². The van der Waals surface area contributed by atoms with Crippen LogP contribution < -0.4 is 0 Å². The summed E-state index contributed by atoms with van der Waals surface area (Å²) >= 11 is 1.77. The first kappa shape index (κ1) is 26.3. The monoisotopic (exact) mass is 523 g/mol. The van der Waals surface area contributed by atoms with E-state index in [1.165, 1.54) is 11.1 Å². The molecule has 0 bridgehead atoms. The lowest BCUT2D eigenvalue weighted by molar-refractivity contribution is -0.132. The van der Waals surface area contributed by atoms with Crippen molar-refractivity contribution in [3.63, 3.8) is 0 Å². The van der Waals surface area contributed by atoms with Crippen LogP contribution in [0.4, 0.5) is 0 Å². The smallest absolute Gasteiger partial charge is 0.222 e. The maximum atomic E-state index is 12.9. The van der Waals surface area contributed by atoms with Gasteiger partial charge in [0.05, 0.1) is 11.4 Å². The summed E-state index contributed by atoms with van der Waals surface area (Å²) in [5.41, 5.74) is 5.90. The number of thioether (sulfide) groups is 1. The summed E-state index contributed by atoms with van der Waals surface area (Å²) in [6, 6.07) is 31.7. The molecule has 0 atom stereocenters. The summed E-state index contributed by atoms with van der Waals surface area (Å²) in [4.78, 5) is 20.1. The molecule has 0 N–H and O–H groups in total. The first-order valence-corrected chi connectivity index (χ1v) is 14.9. The second kappa shape index (κ2) is 13.0. The number of carbonyl (C=O) groups is 1. The van der Waals surface area contributed by atoms with Gasteiger partial charge in [-0.1, -0.05) is 103 Å². The zero-order valence-electron chi connectivity index (χ0n) is 22.3. The second-order valence-corrected chi connectivity index (χ2v) is 11.1. The first-order valence-electron chi connectivity index (χ1n) is 13.9. The van der Waals surface area contributed by atoms with Crippen molar-refractivity contribution in [2.45, 2.75) is 50.7 Å². The van der Waals surface area contributed by atoms with Gasteiger partial charge in [0.2, 0.25) is 5.91 Å². The number of piperidine rings is 1. The number of rotatable bonds is 10. The fraction of sp³-hybridized carbons (Fsp3) is 0.333. The van der Waals surface area contributed by atoms with Crippen LogP contribution in [0.15, 0.2) is 96.2 Å². The van der Waals surface area contributed by atoms with Crippen molar-refractivity contribution >= 4 is 17.7 Å². The molecule has 3 aromatic carbocycles. The van der Waals surface area contributed by atoms with Gasteiger partial charge in [-0.15, -0.1) is 0 Å². The van der Waals surface area contributed by atoms with Gasteiger partial charge in [0, 0.05) is 42.9 Å². The third-order valence-electron chi connectivity index (χ3n) is 7.44. The number of hydrogen-bond acceptors (Lipinski definition) is 3. The van der Waals surface area contributed by atoms with Crippen LogP contribution >= 0.6 is 11.8 Å². The highest BCUT2D eigenvalue weighted by molar-refractivity contribution is 7.99. The minimum atomic E-state index is 0.303. The van der Waals surface area contributed by atoms with E-state index >= 15 is 0 Å². The average molecular weight is 524 g/mol. The van der Waals surface area contributed by atoms with Crippen molar-refractivity contribution in [2.24, 2.45) is 5.92 Å². The minimum absolute atomic E-state index is 0.303. The molecule has 1 saturated heterocycles. The molecule has 0 unspecified atom stereocenters. The van der Waals surface area contributed by atoms with Crippen LogP contribution in [0.2, 0.25) is 0 Å². The molecule has 1 amide bonds. The lowest BCUT2D eigenvalue weighted by atomic mass is 9.90. The van der Waals surface area contributed by atoms with E-state index in [1.807, 2.05) is 6.07 Å².